The second-order valence-electron chi connectivity index (χ2n) is 8.70. The molecule has 1 aliphatic rings. The zero-order chi connectivity index (χ0) is 24.3. The van der Waals surface area contributed by atoms with E-state index < -0.39 is 0 Å². The van der Waals surface area contributed by atoms with Gasteiger partial charge in [-0.2, -0.15) is 5.10 Å². The maximum absolute atomic E-state index is 13.7. The van der Waals surface area contributed by atoms with Crippen LogP contribution in [0.3, 0.4) is 0 Å². The molecule has 174 valence electrons. The summed E-state index contributed by atoms with van der Waals surface area (Å²) in [6.45, 7) is 0. The number of rotatable bonds is 5. The molecule has 1 atom stereocenters. The molecule has 0 saturated heterocycles. The van der Waals surface area contributed by atoms with Crippen LogP contribution in [0.1, 0.15) is 23.6 Å². The molecule has 0 amide bonds. The Morgan fingerprint density at radius 1 is 0.611 bits per heavy atom. The molecule has 0 aliphatic carbocycles. The predicted octanol–water partition coefficient (Wildman–Crippen LogP) is 7.31. The Labute approximate surface area is 209 Å². The number of hydrogen-bond donors (Lipinski definition) is 0. The van der Waals surface area contributed by atoms with E-state index in [-0.39, 0.29) is 11.9 Å². The minimum Gasteiger partial charge on any atom is -0.223 e. The highest BCUT2D eigenvalue weighted by Gasteiger charge is 2.32. The number of anilines is 1. The number of hydrazone groups is 1. The van der Waals surface area contributed by atoms with Crippen molar-refractivity contribution in [1.82, 2.24) is 9.97 Å². The Balaban J connectivity index is 1.51. The highest BCUT2D eigenvalue weighted by Crippen LogP contribution is 2.37. The highest BCUT2D eigenvalue weighted by atomic mass is 19.1. The fraction of sp³-hybridized carbons (Fsp3) is 0.0645. The lowest BCUT2D eigenvalue weighted by Gasteiger charge is -2.23. The molecular weight excluding hydrogens is 447 g/mol. The van der Waals surface area contributed by atoms with Crippen molar-refractivity contribution < 1.29 is 4.39 Å². The van der Waals surface area contributed by atoms with Gasteiger partial charge in [0.1, 0.15) is 5.82 Å². The summed E-state index contributed by atoms with van der Waals surface area (Å²) >= 11 is 0. The Kier molecular flexibility index (Phi) is 5.80. The summed E-state index contributed by atoms with van der Waals surface area (Å²) in [5, 5.41) is 6.96. The summed E-state index contributed by atoms with van der Waals surface area (Å²) in [4.78, 5) is 9.90. The van der Waals surface area contributed by atoms with Gasteiger partial charge in [0.05, 0.1) is 23.1 Å². The largest absolute Gasteiger partial charge is 0.247 e. The molecule has 6 rings (SSSR count). The third kappa shape index (κ3) is 4.39. The van der Waals surface area contributed by atoms with Gasteiger partial charge in [-0.1, -0.05) is 91.0 Å². The van der Waals surface area contributed by atoms with Crippen molar-refractivity contribution in [3.05, 3.63) is 138 Å². The fourth-order valence-electron chi connectivity index (χ4n) is 4.50. The molecule has 5 heteroatoms. The van der Waals surface area contributed by atoms with Crippen LogP contribution in [0.2, 0.25) is 0 Å². The monoisotopic (exact) mass is 470 g/mol. The van der Waals surface area contributed by atoms with Crippen LogP contribution in [-0.4, -0.2) is 15.7 Å². The van der Waals surface area contributed by atoms with E-state index in [1.165, 1.54) is 12.1 Å². The predicted molar refractivity (Wildman–Crippen MR) is 142 cm³/mol. The first-order valence-corrected chi connectivity index (χ1v) is 11.9. The molecule has 0 saturated carbocycles. The standard InChI is InChI=1S/C31H23FN4/c32-26-18-16-24(17-19-26)28-20-27(22-10-4-1-5-11-22)33-31(34-28)36-30(25-14-8-3-9-15-25)21-29(35-36)23-12-6-2-7-13-23/h1-20,30H,21H2. The zero-order valence-corrected chi connectivity index (χ0v) is 19.5. The van der Waals surface area contributed by atoms with Gasteiger partial charge < -0.3 is 0 Å². The summed E-state index contributed by atoms with van der Waals surface area (Å²) in [6, 6.07) is 38.8. The molecule has 0 radical (unpaired) electrons. The molecule has 0 fully saturated rings. The van der Waals surface area contributed by atoms with E-state index in [4.69, 9.17) is 15.1 Å². The van der Waals surface area contributed by atoms with E-state index >= 15 is 0 Å². The van der Waals surface area contributed by atoms with Gasteiger partial charge in [-0.3, -0.25) is 0 Å². The molecule has 0 N–H and O–H groups in total. The fourth-order valence-corrected chi connectivity index (χ4v) is 4.50. The van der Waals surface area contributed by atoms with E-state index in [2.05, 4.69) is 24.3 Å². The molecule has 1 unspecified atom stereocenters. The molecule has 4 aromatic carbocycles. The lowest BCUT2D eigenvalue weighted by molar-refractivity contribution is 0.628. The van der Waals surface area contributed by atoms with Crippen molar-refractivity contribution in [3.8, 4) is 22.5 Å². The lowest BCUT2D eigenvalue weighted by atomic mass is 9.98. The van der Waals surface area contributed by atoms with E-state index in [0.717, 1.165) is 40.1 Å². The first-order valence-electron chi connectivity index (χ1n) is 11.9. The molecule has 4 nitrogen and oxygen atoms in total. The summed E-state index contributed by atoms with van der Waals surface area (Å²) < 4.78 is 13.7. The van der Waals surface area contributed by atoms with Crippen molar-refractivity contribution in [2.45, 2.75) is 12.5 Å². The van der Waals surface area contributed by atoms with Crippen LogP contribution < -0.4 is 5.01 Å². The Hall–Kier alpha value is -4.64. The number of hydrogen-bond acceptors (Lipinski definition) is 4. The first kappa shape index (κ1) is 21.9. The van der Waals surface area contributed by atoms with Gasteiger partial charge in [0.2, 0.25) is 5.95 Å². The van der Waals surface area contributed by atoms with Crippen LogP contribution in [0.5, 0.6) is 0 Å². The average molecular weight is 471 g/mol. The molecular formula is C31H23FN4. The number of halogens is 1. The van der Waals surface area contributed by atoms with Crippen molar-refractivity contribution in [1.29, 1.82) is 0 Å². The Morgan fingerprint density at radius 2 is 1.14 bits per heavy atom. The van der Waals surface area contributed by atoms with E-state index in [1.807, 2.05) is 77.8 Å². The van der Waals surface area contributed by atoms with Crippen molar-refractivity contribution in [2.24, 2.45) is 5.10 Å². The third-order valence-corrected chi connectivity index (χ3v) is 6.33. The summed E-state index contributed by atoms with van der Waals surface area (Å²) in [5.74, 6) is 0.229. The van der Waals surface area contributed by atoms with Crippen molar-refractivity contribution in [3.63, 3.8) is 0 Å². The van der Waals surface area contributed by atoms with E-state index in [9.17, 15) is 4.39 Å². The second-order valence-corrected chi connectivity index (χ2v) is 8.70. The summed E-state index contributed by atoms with van der Waals surface area (Å²) in [6.07, 6.45) is 0.735. The van der Waals surface area contributed by atoms with E-state index in [0.29, 0.717) is 11.6 Å². The van der Waals surface area contributed by atoms with Gasteiger partial charge in [-0.05, 0) is 41.5 Å². The molecule has 1 aliphatic heterocycles. The first-order chi connectivity index (χ1) is 17.7. The quantitative estimate of drug-likeness (QED) is 0.270. The van der Waals surface area contributed by atoms with Crippen molar-refractivity contribution in [2.75, 3.05) is 5.01 Å². The van der Waals surface area contributed by atoms with E-state index in [1.54, 1.807) is 12.1 Å². The van der Waals surface area contributed by atoms with Gasteiger partial charge in [0, 0.05) is 17.5 Å². The number of benzene rings is 4. The van der Waals surface area contributed by atoms with Crippen LogP contribution in [0, 0.1) is 5.82 Å². The minimum atomic E-state index is -0.280. The topological polar surface area (TPSA) is 41.4 Å². The lowest BCUT2D eigenvalue weighted by Crippen LogP contribution is -2.21. The van der Waals surface area contributed by atoms with Gasteiger partial charge in [-0.25, -0.2) is 19.4 Å². The Morgan fingerprint density at radius 3 is 1.75 bits per heavy atom. The average Bonchev–Trinajstić information content (AvgIpc) is 3.40. The maximum atomic E-state index is 13.7. The van der Waals surface area contributed by atoms with Crippen molar-refractivity contribution >= 4 is 11.7 Å². The van der Waals surface area contributed by atoms with Gasteiger partial charge in [-0.15, -0.1) is 0 Å². The van der Waals surface area contributed by atoms with Crippen LogP contribution in [-0.2, 0) is 0 Å². The van der Waals surface area contributed by atoms with Gasteiger partial charge in [0.25, 0.3) is 0 Å². The summed E-state index contributed by atoms with van der Waals surface area (Å²) in [5.41, 5.74) is 6.51. The normalized spacial score (nSPS) is 15.1. The van der Waals surface area contributed by atoms with Crippen LogP contribution >= 0.6 is 0 Å². The number of nitrogens with zero attached hydrogens (tertiary/aromatic N) is 4. The minimum absolute atomic E-state index is 0.0477. The second kappa shape index (κ2) is 9.55. The third-order valence-electron chi connectivity index (χ3n) is 6.33. The highest BCUT2D eigenvalue weighted by molar-refractivity contribution is 6.03. The van der Waals surface area contributed by atoms with Gasteiger partial charge in [0.15, 0.2) is 0 Å². The summed E-state index contributed by atoms with van der Waals surface area (Å²) in [7, 11) is 0. The molecule has 36 heavy (non-hydrogen) atoms. The molecule has 1 aromatic heterocycles. The smallest absolute Gasteiger partial charge is 0.223 e. The maximum Gasteiger partial charge on any atom is 0.247 e. The molecule has 2 heterocycles. The van der Waals surface area contributed by atoms with Crippen LogP contribution in [0.4, 0.5) is 10.3 Å². The van der Waals surface area contributed by atoms with Crippen LogP contribution in [0.25, 0.3) is 22.5 Å². The Bertz CT molecular complexity index is 1500. The van der Waals surface area contributed by atoms with Gasteiger partial charge >= 0.3 is 0 Å². The zero-order valence-electron chi connectivity index (χ0n) is 19.5. The molecule has 5 aromatic rings. The molecule has 0 bridgehead atoms. The molecule has 0 spiro atoms. The number of aromatic nitrogens is 2. The SMILES string of the molecule is Fc1ccc(-c2cc(-c3ccccc3)nc(N3N=C(c4ccccc4)CC3c3ccccc3)n2)cc1. The van der Waals surface area contributed by atoms with Crippen LogP contribution in [0.15, 0.2) is 126 Å².